The second-order valence-electron chi connectivity index (χ2n) is 7.20. The standard InChI is InChI=1S/C24H32N2O2/c1-4-16-25-24(28)22(5-2)26(17-15-20-9-7-6-8-10-20)23(27)18-21-13-11-19(3)12-14-21/h6-14,22H,4-5,15-18H2,1-3H3,(H,25,28)/t22-/m0/s1. The molecule has 0 bridgehead atoms. The number of rotatable bonds is 10. The number of carbonyl (C=O) groups is 2. The minimum atomic E-state index is -0.437. The smallest absolute Gasteiger partial charge is 0.242 e. The maximum Gasteiger partial charge on any atom is 0.242 e. The van der Waals surface area contributed by atoms with Crippen LogP contribution >= 0.6 is 0 Å². The SMILES string of the molecule is CCCNC(=O)[C@H](CC)N(CCc1ccccc1)C(=O)Cc1ccc(C)cc1. The van der Waals surface area contributed by atoms with E-state index in [-0.39, 0.29) is 11.8 Å². The minimum absolute atomic E-state index is 0.00159. The van der Waals surface area contributed by atoms with Gasteiger partial charge in [-0.15, -0.1) is 0 Å². The Kier molecular flexibility index (Phi) is 8.73. The van der Waals surface area contributed by atoms with Gasteiger partial charge in [-0.3, -0.25) is 9.59 Å². The number of benzene rings is 2. The van der Waals surface area contributed by atoms with Crippen molar-refractivity contribution < 1.29 is 9.59 Å². The first-order chi connectivity index (χ1) is 13.5. The summed E-state index contributed by atoms with van der Waals surface area (Å²) in [5, 5.41) is 2.96. The average Bonchev–Trinajstić information content (AvgIpc) is 2.71. The molecule has 2 rings (SSSR count). The van der Waals surface area contributed by atoms with E-state index >= 15 is 0 Å². The van der Waals surface area contributed by atoms with Crippen molar-refractivity contribution in [3.8, 4) is 0 Å². The highest BCUT2D eigenvalue weighted by atomic mass is 16.2. The van der Waals surface area contributed by atoms with Gasteiger partial charge in [0.05, 0.1) is 6.42 Å². The Morgan fingerprint density at radius 1 is 0.964 bits per heavy atom. The largest absolute Gasteiger partial charge is 0.354 e. The van der Waals surface area contributed by atoms with E-state index in [1.165, 1.54) is 11.1 Å². The Morgan fingerprint density at radius 2 is 1.64 bits per heavy atom. The zero-order chi connectivity index (χ0) is 20.4. The second-order valence-corrected chi connectivity index (χ2v) is 7.20. The van der Waals surface area contributed by atoms with E-state index in [9.17, 15) is 9.59 Å². The van der Waals surface area contributed by atoms with Crippen molar-refractivity contribution in [1.82, 2.24) is 10.2 Å². The van der Waals surface area contributed by atoms with Crippen LogP contribution in [0.4, 0.5) is 0 Å². The Bertz CT molecular complexity index is 741. The molecule has 2 aromatic rings. The van der Waals surface area contributed by atoms with Crippen LogP contribution in [-0.2, 0) is 22.4 Å². The lowest BCUT2D eigenvalue weighted by Gasteiger charge is -2.30. The van der Waals surface area contributed by atoms with E-state index in [2.05, 4.69) is 17.4 Å². The summed E-state index contributed by atoms with van der Waals surface area (Å²) >= 11 is 0. The van der Waals surface area contributed by atoms with E-state index in [0.717, 1.165) is 18.4 Å². The normalized spacial score (nSPS) is 11.7. The number of aryl methyl sites for hydroxylation is 1. The highest BCUT2D eigenvalue weighted by Gasteiger charge is 2.27. The number of nitrogens with one attached hydrogen (secondary N) is 1. The monoisotopic (exact) mass is 380 g/mol. The van der Waals surface area contributed by atoms with E-state index in [1.807, 2.05) is 63.2 Å². The zero-order valence-corrected chi connectivity index (χ0v) is 17.3. The van der Waals surface area contributed by atoms with E-state index < -0.39 is 6.04 Å². The van der Waals surface area contributed by atoms with E-state index in [1.54, 1.807) is 4.90 Å². The van der Waals surface area contributed by atoms with Crippen LogP contribution in [0.1, 0.15) is 43.4 Å². The number of hydrogen-bond donors (Lipinski definition) is 1. The molecule has 0 saturated carbocycles. The summed E-state index contributed by atoms with van der Waals surface area (Å²) in [5.74, 6) is -0.0621. The Hall–Kier alpha value is -2.62. The highest BCUT2D eigenvalue weighted by molar-refractivity contribution is 5.88. The molecule has 0 radical (unpaired) electrons. The molecule has 0 aliphatic heterocycles. The second kappa shape index (κ2) is 11.3. The van der Waals surface area contributed by atoms with E-state index in [4.69, 9.17) is 0 Å². The molecule has 0 saturated heterocycles. The summed E-state index contributed by atoms with van der Waals surface area (Å²) in [6.45, 7) is 7.19. The summed E-state index contributed by atoms with van der Waals surface area (Å²) in [5.41, 5.74) is 3.31. The number of amides is 2. The molecule has 2 aromatic carbocycles. The number of hydrogen-bond acceptors (Lipinski definition) is 2. The van der Waals surface area contributed by atoms with Gasteiger partial charge >= 0.3 is 0 Å². The topological polar surface area (TPSA) is 49.4 Å². The van der Waals surface area contributed by atoms with Crippen LogP contribution < -0.4 is 5.32 Å². The molecule has 0 heterocycles. The van der Waals surface area contributed by atoms with Gasteiger partial charge in [-0.05, 0) is 37.3 Å². The summed E-state index contributed by atoms with van der Waals surface area (Å²) in [6.07, 6.45) is 2.53. The molecular weight excluding hydrogens is 348 g/mol. The summed E-state index contributed by atoms with van der Waals surface area (Å²) < 4.78 is 0. The van der Waals surface area contributed by atoms with Gasteiger partial charge in [0.15, 0.2) is 0 Å². The summed E-state index contributed by atoms with van der Waals surface area (Å²) in [6, 6.07) is 17.7. The lowest BCUT2D eigenvalue weighted by atomic mass is 10.1. The van der Waals surface area contributed by atoms with Crippen LogP contribution in [0.2, 0.25) is 0 Å². The third kappa shape index (κ3) is 6.52. The van der Waals surface area contributed by atoms with Gasteiger partial charge < -0.3 is 10.2 Å². The first kappa shape index (κ1) is 21.7. The quantitative estimate of drug-likeness (QED) is 0.679. The van der Waals surface area contributed by atoms with Crippen molar-refractivity contribution in [2.75, 3.05) is 13.1 Å². The molecular formula is C24H32N2O2. The molecule has 4 heteroatoms. The lowest BCUT2D eigenvalue weighted by Crippen LogP contribution is -2.50. The van der Waals surface area contributed by atoms with Crippen molar-refractivity contribution in [2.45, 2.75) is 52.5 Å². The van der Waals surface area contributed by atoms with Gasteiger partial charge in [0.1, 0.15) is 6.04 Å². The van der Waals surface area contributed by atoms with E-state index in [0.29, 0.717) is 25.9 Å². The van der Waals surface area contributed by atoms with Crippen LogP contribution in [0, 0.1) is 6.92 Å². The fourth-order valence-corrected chi connectivity index (χ4v) is 3.24. The van der Waals surface area contributed by atoms with Gasteiger partial charge in [-0.25, -0.2) is 0 Å². The van der Waals surface area contributed by atoms with Gasteiger partial charge in [0.2, 0.25) is 11.8 Å². The molecule has 0 spiro atoms. The summed E-state index contributed by atoms with van der Waals surface area (Å²) in [7, 11) is 0. The molecule has 1 N–H and O–H groups in total. The molecule has 2 amide bonds. The van der Waals surface area contributed by atoms with Crippen LogP contribution in [-0.4, -0.2) is 35.8 Å². The fraction of sp³-hybridized carbons (Fsp3) is 0.417. The van der Waals surface area contributed by atoms with Crippen LogP contribution in [0.15, 0.2) is 54.6 Å². The minimum Gasteiger partial charge on any atom is -0.354 e. The van der Waals surface area contributed by atoms with Crippen LogP contribution in [0.5, 0.6) is 0 Å². The molecule has 0 unspecified atom stereocenters. The average molecular weight is 381 g/mol. The maximum atomic E-state index is 13.1. The Balaban J connectivity index is 2.16. The van der Waals surface area contributed by atoms with Crippen LogP contribution in [0.25, 0.3) is 0 Å². The first-order valence-electron chi connectivity index (χ1n) is 10.2. The molecule has 28 heavy (non-hydrogen) atoms. The van der Waals surface area contributed by atoms with Gasteiger partial charge in [0.25, 0.3) is 0 Å². The summed E-state index contributed by atoms with van der Waals surface area (Å²) in [4.78, 5) is 27.6. The fourth-order valence-electron chi connectivity index (χ4n) is 3.24. The molecule has 0 aliphatic carbocycles. The van der Waals surface area contributed by atoms with Crippen molar-refractivity contribution in [1.29, 1.82) is 0 Å². The third-order valence-corrected chi connectivity index (χ3v) is 4.90. The predicted octanol–water partition coefficient (Wildman–Crippen LogP) is 3.91. The number of nitrogens with zero attached hydrogens (tertiary/aromatic N) is 1. The van der Waals surface area contributed by atoms with Gasteiger partial charge in [-0.2, -0.15) is 0 Å². The van der Waals surface area contributed by atoms with Gasteiger partial charge in [0, 0.05) is 13.1 Å². The van der Waals surface area contributed by atoms with Crippen LogP contribution in [0.3, 0.4) is 0 Å². The molecule has 0 aromatic heterocycles. The maximum absolute atomic E-state index is 13.1. The number of carbonyl (C=O) groups excluding carboxylic acids is 2. The Labute approximate surface area is 169 Å². The Morgan fingerprint density at radius 3 is 2.25 bits per heavy atom. The van der Waals surface area contributed by atoms with Crippen molar-refractivity contribution in [3.05, 3.63) is 71.3 Å². The molecule has 1 atom stereocenters. The lowest BCUT2D eigenvalue weighted by molar-refractivity contribution is -0.140. The molecule has 0 aliphatic rings. The van der Waals surface area contributed by atoms with Crippen molar-refractivity contribution in [2.24, 2.45) is 0 Å². The zero-order valence-electron chi connectivity index (χ0n) is 17.3. The van der Waals surface area contributed by atoms with Crippen molar-refractivity contribution >= 4 is 11.8 Å². The first-order valence-corrected chi connectivity index (χ1v) is 10.2. The molecule has 0 fully saturated rings. The predicted molar refractivity (Wildman–Crippen MR) is 114 cm³/mol. The molecule has 4 nitrogen and oxygen atoms in total. The van der Waals surface area contributed by atoms with Gasteiger partial charge in [-0.1, -0.05) is 74.0 Å². The third-order valence-electron chi connectivity index (χ3n) is 4.90. The molecule has 150 valence electrons. The van der Waals surface area contributed by atoms with Crippen molar-refractivity contribution in [3.63, 3.8) is 0 Å². The highest BCUT2D eigenvalue weighted by Crippen LogP contribution is 2.13.